The topological polar surface area (TPSA) is 36.4 Å². The van der Waals surface area contributed by atoms with Crippen LogP contribution in [0.4, 0.5) is 5.69 Å². The van der Waals surface area contributed by atoms with Crippen LogP contribution < -0.4 is 4.90 Å². The van der Waals surface area contributed by atoms with Crippen molar-refractivity contribution in [3.05, 3.63) is 24.0 Å². The number of hydrogen-bond acceptors (Lipinski definition) is 3. The van der Waals surface area contributed by atoms with Gasteiger partial charge in [0.15, 0.2) is 0 Å². The fourth-order valence-corrected chi connectivity index (χ4v) is 3.56. The molecule has 3 heterocycles. The van der Waals surface area contributed by atoms with Gasteiger partial charge in [-0.15, -0.1) is 0 Å². The lowest BCUT2D eigenvalue weighted by Gasteiger charge is -2.30. The standard InChI is InChI=1S/C18H27N3O/c1-15-7-6-12-21(14-15)18(22)17-9-8-16(13-19-17)20-10-4-2-3-5-11-20/h8-9,13,15H,2-7,10-12,14H2,1H3. The predicted octanol–water partition coefficient (Wildman–Crippen LogP) is 3.33. The van der Waals surface area contributed by atoms with Crippen molar-refractivity contribution in [2.45, 2.75) is 45.4 Å². The van der Waals surface area contributed by atoms with Gasteiger partial charge < -0.3 is 9.80 Å². The highest BCUT2D eigenvalue weighted by Crippen LogP contribution is 2.21. The molecule has 0 aliphatic carbocycles. The molecular formula is C18H27N3O. The Morgan fingerprint density at radius 2 is 1.86 bits per heavy atom. The Kier molecular flexibility index (Phi) is 4.96. The van der Waals surface area contributed by atoms with Crippen LogP contribution in [0.25, 0.3) is 0 Å². The molecule has 2 fully saturated rings. The van der Waals surface area contributed by atoms with Crippen molar-refractivity contribution in [1.29, 1.82) is 0 Å². The molecule has 1 aromatic heterocycles. The predicted molar refractivity (Wildman–Crippen MR) is 89.2 cm³/mol. The summed E-state index contributed by atoms with van der Waals surface area (Å²) in [6.07, 6.45) is 9.38. The third-order valence-corrected chi connectivity index (χ3v) is 4.88. The van der Waals surface area contributed by atoms with Gasteiger partial charge in [0, 0.05) is 26.2 Å². The van der Waals surface area contributed by atoms with Crippen molar-refractivity contribution < 1.29 is 4.79 Å². The van der Waals surface area contributed by atoms with Gasteiger partial charge in [-0.3, -0.25) is 4.79 Å². The maximum absolute atomic E-state index is 12.5. The summed E-state index contributed by atoms with van der Waals surface area (Å²) in [6, 6.07) is 3.97. The molecule has 1 aromatic rings. The molecule has 2 aliphatic rings. The van der Waals surface area contributed by atoms with Crippen molar-refractivity contribution >= 4 is 11.6 Å². The van der Waals surface area contributed by atoms with E-state index in [9.17, 15) is 4.79 Å². The lowest BCUT2D eigenvalue weighted by atomic mass is 10.00. The summed E-state index contributed by atoms with van der Waals surface area (Å²) in [7, 11) is 0. The van der Waals surface area contributed by atoms with Crippen LogP contribution in [-0.2, 0) is 0 Å². The van der Waals surface area contributed by atoms with Gasteiger partial charge in [-0.1, -0.05) is 19.8 Å². The Morgan fingerprint density at radius 1 is 1.09 bits per heavy atom. The molecule has 0 N–H and O–H groups in total. The minimum absolute atomic E-state index is 0.0916. The first-order valence-electron chi connectivity index (χ1n) is 8.74. The quantitative estimate of drug-likeness (QED) is 0.840. The first kappa shape index (κ1) is 15.3. The first-order valence-corrected chi connectivity index (χ1v) is 8.74. The molecule has 1 unspecified atom stereocenters. The molecule has 2 aliphatic heterocycles. The van der Waals surface area contributed by atoms with E-state index >= 15 is 0 Å². The Bertz CT molecular complexity index is 492. The van der Waals surface area contributed by atoms with Crippen LogP contribution in [0.2, 0.25) is 0 Å². The Morgan fingerprint density at radius 3 is 2.50 bits per heavy atom. The second-order valence-electron chi connectivity index (χ2n) is 6.80. The largest absolute Gasteiger partial charge is 0.370 e. The second kappa shape index (κ2) is 7.12. The molecular weight excluding hydrogens is 274 g/mol. The van der Waals surface area contributed by atoms with Gasteiger partial charge in [0.1, 0.15) is 5.69 Å². The lowest BCUT2D eigenvalue weighted by molar-refractivity contribution is 0.0677. The number of nitrogens with zero attached hydrogens (tertiary/aromatic N) is 3. The van der Waals surface area contributed by atoms with Gasteiger partial charge in [-0.25, -0.2) is 4.98 Å². The fraction of sp³-hybridized carbons (Fsp3) is 0.667. The number of carbonyl (C=O) groups excluding carboxylic acids is 1. The highest BCUT2D eigenvalue weighted by atomic mass is 16.2. The van der Waals surface area contributed by atoms with E-state index < -0.39 is 0 Å². The van der Waals surface area contributed by atoms with Crippen LogP contribution in [0.3, 0.4) is 0 Å². The molecule has 0 saturated carbocycles. The number of anilines is 1. The summed E-state index contributed by atoms with van der Waals surface area (Å²) in [5.74, 6) is 0.697. The van der Waals surface area contributed by atoms with Crippen LogP contribution in [0.1, 0.15) is 55.9 Å². The van der Waals surface area contributed by atoms with E-state index in [0.29, 0.717) is 11.6 Å². The molecule has 3 rings (SSSR count). The molecule has 1 atom stereocenters. The zero-order valence-corrected chi connectivity index (χ0v) is 13.6. The van der Waals surface area contributed by atoms with E-state index in [-0.39, 0.29) is 5.91 Å². The molecule has 0 radical (unpaired) electrons. The highest BCUT2D eigenvalue weighted by molar-refractivity contribution is 5.92. The third-order valence-electron chi connectivity index (χ3n) is 4.88. The SMILES string of the molecule is CC1CCCN(C(=O)c2ccc(N3CCCCCC3)cn2)C1. The monoisotopic (exact) mass is 301 g/mol. The van der Waals surface area contributed by atoms with E-state index in [4.69, 9.17) is 0 Å². The average Bonchev–Trinajstić information content (AvgIpc) is 2.84. The zero-order valence-electron chi connectivity index (χ0n) is 13.6. The molecule has 22 heavy (non-hydrogen) atoms. The fourth-order valence-electron chi connectivity index (χ4n) is 3.56. The van der Waals surface area contributed by atoms with Gasteiger partial charge in [0.2, 0.25) is 0 Å². The smallest absolute Gasteiger partial charge is 0.272 e. The van der Waals surface area contributed by atoms with Gasteiger partial charge in [0.25, 0.3) is 5.91 Å². The van der Waals surface area contributed by atoms with Gasteiger partial charge in [-0.2, -0.15) is 0 Å². The molecule has 4 nitrogen and oxygen atoms in total. The van der Waals surface area contributed by atoms with Crippen molar-refractivity contribution in [1.82, 2.24) is 9.88 Å². The summed E-state index contributed by atoms with van der Waals surface area (Å²) >= 11 is 0. The van der Waals surface area contributed by atoms with E-state index in [1.807, 2.05) is 17.2 Å². The lowest BCUT2D eigenvalue weighted by Crippen LogP contribution is -2.39. The van der Waals surface area contributed by atoms with Crippen molar-refractivity contribution in [3.8, 4) is 0 Å². The number of rotatable bonds is 2. The van der Waals surface area contributed by atoms with Crippen molar-refractivity contribution in [3.63, 3.8) is 0 Å². The van der Waals surface area contributed by atoms with Crippen LogP contribution in [0.5, 0.6) is 0 Å². The van der Waals surface area contributed by atoms with Crippen LogP contribution in [-0.4, -0.2) is 42.0 Å². The molecule has 1 amide bonds. The molecule has 2 saturated heterocycles. The minimum Gasteiger partial charge on any atom is -0.370 e. The molecule has 0 spiro atoms. The normalized spacial score (nSPS) is 23.2. The number of piperidine rings is 1. The maximum Gasteiger partial charge on any atom is 0.272 e. The van der Waals surface area contributed by atoms with Gasteiger partial charge in [0.05, 0.1) is 11.9 Å². The number of amides is 1. The summed E-state index contributed by atoms with van der Waals surface area (Å²) in [4.78, 5) is 21.3. The van der Waals surface area contributed by atoms with Crippen molar-refractivity contribution in [2.24, 2.45) is 5.92 Å². The second-order valence-corrected chi connectivity index (χ2v) is 6.80. The summed E-state index contributed by atoms with van der Waals surface area (Å²) < 4.78 is 0. The van der Waals surface area contributed by atoms with Gasteiger partial charge >= 0.3 is 0 Å². The maximum atomic E-state index is 12.5. The Balaban J connectivity index is 1.66. The van der Waals surface area contributed by atoms with Crippen LogP contribution in [0, 0.1) is 5.92 Å². The third kappa shape index (κ3) is 3.60. The number of pyridine rings is 1. The molecule has 0 aromatic carbocycles. The number of likely N-dealkylation sites (tertiary alicyclic amines) is 1. The summed E-state index contributed by atoms with van der Waals surface area (Å²) in [5.41, 5.74) is 1.75. The van der Waals surface area contributed by atoms with E-state index in [1.165, 1.54) is 32.1 Å². The number of hydrogen-bond donors (Lipinski definition) is 0. The molecule has 0 bridgehead atoms. The average molecular weight is 301 g/mol. The number of aromatic nitrogens is 1. The first-order chi connectivity index (χ1) is 10.7. The van der Waals surface area contributed by atoms with E-state index in [1.54, 1.807) is 0 Å². The zero-order chi connectivity index (χ0) is 15.4. The van der Waals surface area contributed by atoms with Gasteiger partial charge in [-0.05, 0) is 43.7 Å². The highest BCUT2D eigenvalue weighted by Gasteiger charge is 2.23. The van der Waals surface area contributed by atoms with E-state index in [0.717, 1.165) is 38.3 Å². The molecule has 120 valence electrons. The minimum atomic E-state index is 0.0916. The Hall–Kier alpha value is -1.58. The van der Waals surface area contributed by atoms with Crippen molar-refractivity contribution in [2.75, 3.05) is 31.1 Å². The number of carbonyl (C=O) groups is 1. The van der Waals surface area contributed by atoms with Crippen LogP contribution in [0.15, 0.2) is 18.3 Å². The summed E-state index contributed by atoms with van der Waals surface area (Å²) in [5, 5.41) is 0. The Labute approximate surface area is 133 Å². The van der Waals surface area contributed by atoms with Crippen LogP contribution >= 0.6 is 0 Å². The van der Waals surface area contributed by atoms with E-state index in [2.05, 4.69) is 22.9 Å². The summed E-state index contributed by atoms with van der Waals surface area (Å²) in [6.45, 7) is 6.18. The molecule has 4 heteroatoms.